The van der Waals surface area contributed by atoms with Crippen molar-refractivity contribution in [1.29, 1.82) is 0 Å². The fraction of sp³-hybridized carbons (Fsp3) is 0.231. The molecule has 0 saturated heterocycles. The zero-order valence-corrected chi connectivity index (χ0v) is 11.4. The Morgan fingerprint density at radius 2 is 2.32 bits per heavy atom. The predicted molar refractivity (Wildman–Crippen MR) is 70.0 cm³/mol. The minimum atomic E-state index is -0.945. The molecule has 0 aliphatic carbocycles. The summed E-state index contributed by atoms with van der Waals surface area (Å²) in [5.74, 6) is -0.365. The van der Waals surface area contributed by atoms with Crippen LogP contribution in [0.5, 0.6) is 5.75 Å². The van der Waals surface area contributed by atoms with E-state index in [1.54, 1.807) is 6.07 Å². The number of carbonyl (C=O) groups is 1. The molecule has 0 amide bonds. The van der Waals surface area contributed by atoms with Gasteiger partial charge in [0.1, 0.15) is 17.7 Å². The van der Waals surface area contributed by atoms with Crippen LogP contribution in [0.1, 0.15) is 12.0 Å². The van der Waals surface area contributed by atoms with Crippen LogP contribution in [0.3, 0.4) is 0 Å². The van der Waals surface area contributed by atoms with Gasteiger partial charge in [0.2, 0.25) is 0 Å². The van der Waals surface area contributed by atoms with Crippen molar-refractivity contribution in [3.63, 3.8) is 0 Å². The van der Waals surface area contributed by atoms with E-state index >= 15 is 0 Å². The van der Waals surface area contributed by atoms with Crippen molar-refractivity contribution >= 4 is 21.9 Å². The summed E-state index contributed by atoms with van der Waals surface area (Å²) in [6, 6.07) is 5.51. The molecule has 2 heterocycles. The summed E-state index contributed by atoms with van der Waals surface area (Å²) in [5.41, 5.74) is 2.34. The summed E-state index contributed by atoms with van der Waals surface area (Å²) in [6.45, 7) is 0. The van der Waals surface area contributed by atoms with Gasteiger partial charge in [-0.1, -0.05) is 21.1 Å². The molecule has 98 valence electrons. The molecule has 1 aliphatic rings. The predicted octanol–water partition coefficient (Wildman–Crippen LogP) is 2.88. The maximum Gasteiger partial charge on any atom is 0.344 e. The number of hydrogen-bond donors (Lipinski definition) is 1. The Bertz CT molecular complexity index is 624. The van der Waals surface area contributed by atoms with E-state index in [4.69, 9.17) is 14.4 Å². The van der Waals surface area contributed by atoms with Crippen molar-refractivity contribution < 1.29 is 19.2 Å². The van der Waals surface area contributed by atoms with Gasteiger partial charge in [0, 0.05) is 16.1 Å². The van der Waals surface area contributed by atoms with Crippen LogP contribution in [-0.2, 0) is 11.2 Å². The molecule has 1 aliphatic heterocycles. The molecular weight excluding hydrogens is 314 g/mol. The van der Waals surface area contributed by atoms with E-state index in [-0.39, 0.29) is 0 Å². The Morgan fingerprint density at radius 3 is 3.00 bits per heavy atom. The average Bonchev–Trinajstić information content (AvgIpc) is 2.90. The van der Waals surface area contributed by atoms with E-state index in [2.05, 4.69) is 21.1 Å². The normalized spacial score (nSPS) is 17.6. The van der Waals surface area contributed by atoms with E-state index in [1.165, 1.54) is 6.26 Å². The molecule has 0 radical (unpaired) electrons. The number of halogens is 1. The maximum absolute atomic E-state index is 11.1. The van der Waals surface area contributed by atoms with Crippen LogP contribution in [-0.4, -0.2) is 22.3 Å². The third-order valence-corrected chi connectivity index (χ3v) is 3.51. The van der Waals surface area contributed by atoms with Crippen LogP contribution < -0.4 is 4.74 Å². The molecule has 0 saturated carbocycles. The molecule has 1 aromatic carbocycles. The van der Waals surface area contributed by atoms with Crippen LogP contribution in [0.15, 0.2) is 33.5 Å². The molecule has 5 nitrogen and oxygen atoms in total. The zero-order chi connectivity index (χ0) is 13.4. The van der Waals surface area contributed by atoms with Gasteiger partial charge in [-0.2, -0.15) is 0 Å². The fourth-order valence-corrected chi connectivity index (χ4v) is 2.68. The highest BCUT2D eigenvalue weighted by Gasteiger charge is 2.28. The lowest BCUT2D eigenvalue weighted by Crippen LogP contribution is -2.31. The third-order valence-electron chi connectivity index (χ3n) is 3.06. The van der Waals surface area contributed by atoms with E-state index in [0.717, 1.165) is 15.6 Å². The van der Waals surface area contributed by atoms with Gasteiger partial charge in [-0.05, 0) is 30.5 Å². The van der Waals surface area contributed by atoms with Gasteiger partial charge >= 0.3 is 5.97 Å². The van der Waals surface area contributed by atoms with Crippen LogP contribution in [0.2, 0.25) is 0 Å². The van der Waals surface area contributed by atoms with Crippen LogP contribution in [0.4, 0.5) is 0 Å². The maximum atomic E-state index is 11.1. The number of rotatable bonds is 2. The van der Waals surface area contributed by atoms with Crippen molar-refractivity contribution in [2.75, 3.05) is 0 Å². The highest BCUT2D eigenvalue weighted by atomic mass is 79.9. The molecule has 1 atom stereocenters. The SMILES string of the molecule is O=C(O)[C@@H]1CCc2cc(Br)cc(-c3ccon3)c2O1. The lowest BCUT2D eigenvalue weighted by atomic mass is 9.98. The number of benzene rings is 1. The number of nitrogens with zero attached hydrogens (tertiary/aromatic N) is 1. The molecule has 0 spiro atoms. The highest BCUT2D eigenvalue weighted by Crippen LogP contribution is 2.39. The Balaban J connectivity index is 2.11. The first-order valence-corrected chi connectivity index (χ1v) is 6.57. The summed E-state index contributed by atoms with van der Waals surface area (Å²) < 4.78 is 11.3. The molecule has 3 rings (SSSR count). The number of aliphatic carboxylic acids is 1. The standard InChI is InChI=1S/C13H10BrNO4/c14-8-5-7-1-2-11(13(16)17)19-12(7)9(6-8)10-3-4-18-15-10/h3-6,11H,1-2H2,(H,16,17)/t11-/m0/s1. The Kier molecular flexibility index (Phi) is 3.02. The van der Waals surface area contributed by atoms with Gasteiger partial charge in [-0.15, -0.1) is 0 Å². The summed E-state index contributed by atoms with van der Waals surface area (Å²) in [7, 11) is 0. The van der Waals surface area contributed by atoms with E-state index in [0.29, 0.717) is 24.3 Å². The molecule has 6 heteroatoms. The molecule has 1 aromatic heterocycles. The molecule has 0 unspecified atom stereocenters. The third kappa shape index (κ3) is 2.23. The van der Waals surface area contributed by atoms with Gasteiger partial charge in [0.15, 0.2) is 6.10 Å². The second kappa shape index (κ2) is 4.70. The number of fused-ring (bicyclic) bond motifs is 1. The van der Waals surface area contributed by atoms with Crippen molar-refractivity contribution in [2.24, 2.45) is 0 Å². The summed E-state index contributed by atoms with van der Waals surface area (Å²) in [5, 5.41) is 13.0. The zero-order valence-electron chi connectivity index (χ0n) is 9.80. The van der Waals surface area contributed by atoms with Gasteiger partial charge in [0.25, 0.3) is 0 Å². The number of carboxylic acids is 1. The Labute approximate surface area is 117 Å². The number of aromatic nitrogens is 1. The van der Waals surface area contributed by atoms with Gasteiger partial charge in [0.05, 0.1) is 0 Å². The van der Waals surface area contributed by atoms with Crippen LogP contribution >= 0.6 is 15.9 Å². The van der Waals surface area contributed by atoms with Crippen molar-refractivity contribution in [3.8, 4) is 17.0 Å². The molecule has 0 bridgehead atoms. The fourth-order valence-electron chi connectivity index (χ4n) is 2.18. The number of aryl methyl sites for hydroxylation is 1. The second-order valence-corrected chi connectivity index (χ2v) is 5.23. The van der Waals surface area contributed by atoms with E-state index in [9.17, 15) is 4.79 Å². The largest absolute Gasteiger partial charge is 0.479 e. The first-order chi connectivity index (χ1) is 9.15. The number of carboxylic acid groups (broad SMARTS) is 1. The van der Waals surface area contributed by atoms with Crippen molar-refractivity contribution in [3.05, 3.63) is 34.5 Å². The van der Waals surface area contributed by atoms with Gasteiger partial charge in [-0.3, -0.25) is 0 Å². The highest BCUT2D eigenvalue weighted by molar-refractivity contribution is 9.10. The van der Waals surface area contributed by atoms with Crippen LogP contribution in [0, 0.1) is 0 Å². The quantitative estimate of drug-likeness (QED) is 0.919. The average molecular weight is 324 g/mol. The molecule has 19 heavy (non-hydrogen) atoms. The molecule has 1 N–H and O–H groups in total. The lowest BCUT2D eigenvalue weighted by Gasteiger charge is -2.25. The molecule has 0 fully saturated rings. The number of hydrogen-bond acceptors (Lipinski definition) is 4. The molecular formula is C13H10BrNO4. The first kappa shape index (κ1) is 12.2. The monoisotopic (exact) mass is 323 g/mol. The second-order valence-electron chi connectivity index (χ2n) is 4.31. The topological polar surface area (TPSA) is 72.6 Å². The van der Waals surface area contributed by atoms with Crippen LogP contribution in [0.25, 0.3) is 11.3 Å². The Morgan fingerprint density at radius 1 is 1.47 bits per heavy atom. The van der Waals surface area contributed by atoms with Crippen molar-refractivity contribution in [1.82, 2.24) is 5.16 Å². The smallest absolute Gasteiger partial charge is 0.344 e. The molecule has 2 aromatic rings. The Hall–Kier alpha value is -1.82. The summed E-state index contributed by atoms with van der Waals surface area (Å²) in [6.07, 6.45) is 1.80. The van der Waals surface area contributed by atoms with Crippen molar-refractivity contribution in [2.45, 2.75) is 18.9 Å². The van der Waals surface area contributed by atoms with E-state index < -0.39 is 12.1 Å². The van der Waals surface area contributed by atoms with E-state index in [1.807, 2.05) is 12.1 Å². The summed E-state index contributed by atoms with van der Waals surface area (Å²) >= 11 is 3.44. The minimum Gasteiger partial charge on any atom is -0.479 e. The van der Waals surface area contributed by atoms with Gasteiger partial charge < -0.3 is 14.4 Å². The summed E-state index contributed by atoms with van der Waals surface area (Å²) in [4.78, 5) is 11.1. The number of ether oxygens (including phenoxy) is 1. The first-order valence-electron chi connectivity index (χ1n) is 5.78. The minimum absolute atomic E-state index is 0.469. The van der Waals surface area contributed by atoms with Gasteiger partial charge in [-0.25, -0.2) is 4.79 Å². The lowest BCUT2D eigenvalue weighted by molar-refractivity contribution is -0.145.